The Kier molecular flexibility index (Phi) is 15.4. The molecular formula is C25H38O4. The fourth-order valence-corrected chi connectivity index (χ4v) is 3.00. The lowest BCUT2D eigenvalue weighted by molar-refractivity contribution is -0.149. The fourth-order valence-electron chi connectivity index (χ4n) is 3.00. The molecule has 0 saturated carbocycles. The molecule has 1 aromatic rings. The van der Waals surface area contributed by atoms with Gasteiger partial charge in [0.15, 0.2) is 0 Å². The van der Waals surface area contributed by atoms with Crippen molar-refractivity contribution in [1.29, 1.82) is 0 Å². The summed E-state index contributed by atoms with van der Waals surface area (Å²) in [6, 6.07) is 10.1. The first-order chi connectivity index (χ1) is 14.2. The lowest BCUT2D eigenvalue weighted by atomic mass is 10.1. The number of carbonyl (C=O) groups is 2. The van der Waals surface area contributed by atoms with Crippen molar-refractivity contribution >= 4 is 11.9 Å². The molecule has 4 heteroatoms. The van der Waals surface area contributed by atoms with E-state index >= 15 is 0 Å². The van der Waals surface area contributed by atoms with Crippen LogP contribution in [0, 0.1) is 0 Å². The van der Waals surface area contributed by atoms with Gasteiger partial charge < -0.3 is 9.47 Å². The smallest absolute Gasteiger partial charge is 0.306 e. The molecule has 0 N–H and O–H groups in total. The first-order valence-corrected chi connectivity index (χ1v) is 11.2. The highest BCUT2D eigenvalue weighted by Crippen LogP contribution is 2.08. The van der Waals surface area contributed by atoms with E-state index in [1.807, 2.05) is 24.3 Å². The van der Waals surface area contributed by atoms with Crippen molar-refractivity contribution in [2.24, 2.45) is 0 Å². The van der Waals surface area contributed by atoms with E-state index in [0.29, 0.717) is 6.61 Å². The quantitative estimate of drug-likeness (QED) is 0.177. The van der Waals surface area contributed by atoms with Gasteiger partial charge in [-0.3, -0.25) is 9.59 Å². The second-order valence-electron chi connectivity index (χ2n) is 7.37. The van der Waals surface area contributed by atoms with Gasteiger partial charge in [-0.15, -0.1) is 0 Å². The molecule has 0 fully saturated rings. The van der Waals surface area contributed by atoms with E-state index in [9.17, 15) is 9.59 Å². The molecule has 162 valence electrons. The Balaban J connectivity index is 1.91. The Morgan fingerprint density at radius 3 is 2.17 bits per heavy atom. The van der Waals surface area contributed by atoms with Gasteiger partial charge in [0.05, 0.1) is 19.4 Å². The number of ether oxygens (including phenoxy) is 2. The van der Waals surface area contributed by atoms with Crippen LogP contribution in [0.4, 0.5) is 0 Å². The van der Waals surface area contributed by atoms with Crippen LogP contribution in [-0.4, -0.2) is 25.2 Å². The molecule has 0 spiro atoms. The molecule has 0 aliphatic carbocycles. The standard InChI is InChI=1S/C25H38O4/c1-2-3-4-5-6-7-8-9-10-14-21-28-24(26)19-20-25(27)29-22-15-18-23-16-12-11-13-17-23/h10-14,16-17H,2-9,15,18-22H2,1H3/b14-10+. The third-order valence-electron chi connectivity index (χ3n) is 4.73. The van der Waals surface area contributed by atoms with Crippen molar-refractivity contribution in [3.05, 3.63) is 48.0 Å². The summed E-state index contributed by atoms with van der Waals surface area (Å²) in [5.74, 6) is -0.698. The average Bonchev–Trinajstić information content (AvgIpc) is 2.74. The number of hydrogen-bond acceptors (Lipinski definition) is 4. The van der Waals surface area contributed by atoms with Gasteiger partial charge in [-0.25, -0.2) is 0 Å². The highest BCUT2D eigenvalue weighted by molar-refractivity contribution is 5.77. The predicted molar refractivity (Wildman–Crippen MR) is 118 cm³/mol. The molecule has 0 aliphatic heterocycles. The van der Waals surface area contributed by atoms with E-state index in [1.54, 1.807) is 0 Å². The summed E-state index contributed by atoms with van der Waals surface area (Å²) < 4.78 is 10.3. The summed E-state index contributed by atoms with van der Waals surface area (Å²) in [5.41, 5.74) is 1.23. The van der Waals surface area contributed by atoms with Gasteiger partial charge in [0, 0.05) is 0 Å². The Hall–Kier alpha value is -2.10. The maximum atomic E-state index is 11.7. The van der Waals surface area contributed by atoms with Crippen molar-refractivity contribution in [1.82, 2.24) is 0 Å². The normalized spacial score (nSPS) is 10.9. The van der Waals surface area contributed by atoms with E-state index in [4.69, 9.17) is 9.47 Å². The van der Waals surface area contributed by atoms with Crippen LogP contribution < -0.4 is 0 Å². The first-order valence-electron chi connectivity index (χ1n) is 11.2. The minimum absolute atomic E-state index is 0.0725. The van der Waals surface area contributed by atoms with Crippen LogP contribution in [0.1, 0.15) is 83.1 Å². The van der Waals surface area contributed by atoms with E-state index < -0.39 is 0 Å². The summed E-state index contributed by atoms with van der Waals surface area (Å²) in [4.78, 5) is 23.3. The summed E-state index contributed by atoms with van der Waals surface area (Å²) in [7, 11) is 0. The van der Waals surface area contributed by atoms with Gasteiger partial charge in [-0.1, -0.05) is 87.9 Å². The van der Waals surface area contributed by atoms with Crippen molar-refractivity contribution < 1.29 is 19.1 Å². The number of rotatable bonds is 17. The number of aryl methyl sites for hydroxylation is 1. The molecule has 1 rings (SSSR count). The molecule has 0 saturated heterocycles. The Labute approximate surface area is 176 Å². The Bertz CT molecular complexity index is 565. The summed E-state index contributed by atoms with van der Waals surface area (Å²) in [5, 5.41) is 0. The maximum absolute atomic E-state index is 11.7. The van der Waals surface area contributed by atoms with Crippen molar-refractivity contribution in [2.45, 2.75) is 84.0 Å². The van der Waals surface area contributed by atoms with Crippen LogP contribution in [0.5, 0.6) is 0 Å². The largest absolute Gasteiger partial charge is 0.466 e. The first kappa shape index (κ1) is 24.9. The topological polar surface area (TPSA) is 52.6 Å². The van der Waals surface area contributed by atoms with Gasteiger partial charge in [0.1, 0.15) is 6.61 Å². The third-order valence-corrected chi connectivity index (χ3v) is 4.73. The fraction of sp³-hybridized carbons (Fsp3) is 0.600. The molecule has 0 aliphatic rings. The zero-order valence-corrected chi connectivity index (χ0v) is 18.1. The molecule has 0 heterocycles. The Morgan fingerprint density at radius 2 is 1.45 bits per heavy atom. The number of unbranched alkanes of at least 4 members (excludes halogenated alkanes) is 7. The maximum Gasteiger partial charge on any atom is 0.306 e. The monoisotopic (exact) mass is 402 g/mol. The molecule has 0 amide bonds. The second kappa shape index (κ2) is 18.0. The predicted octanol–water partition coefficient (Wildman–Crippen LogP) is 6.18. The van der Waals surface area contributed by atoms with Gasteiger partial charge in [-0.05, 0) is 31.2 Å². The van der Waals surface area contributed by atoms with Gasteiger partial charge >= 0.3 is 11.9 Å². The number of carbonyl (C=O) groups excluding carboxylic acids is 2. The summed E-state index contributed by atoms with van der Waals surface area (Å²) >= 11 is 0. The van der Waals surface area contributed by atoms with E-state index in [2.05, 4.69) is 25.1 Å². The van der Waals surface area contributed by atoms with E-state index in [-0.39, 0.29) is 31.4 Å². The molecular weight excluding hydrogens is 364 g/mol. The van der Waals surface area contributed by atoms with Crippen molar-refractivity contribution in [2.75, 3.05) is 13.2 Å². The number of hydrogen-bond donors (Lipinski definition) is 0. The van der Waals surface area contributed by atoms with Gasteiger partial charge in [0.25, 0.3) is 0 Å². The second-order valence-corrected chi connectivity index (χ2v) is 7.37. The van der Waals surface area contributed by atoms with Gasteiger partial charge in [0.2, 0.25) is 0 Å². The van der Waals surface area contributed by atoms with Crippen LogP contribution in [0.2, 0.25) is 0 Å². The molecule has 0 atom stereocenters. The van der Waals surface area contributed by atoms with Crippen LogP contribution >= 0.6 is 0 Å². The third kappa shape index (κ3) is 15.5. The zero-order chi connectivity index (χ0) is 21.0. The number of benzene rings is 1. The van der Waals surface area contributed by atoms with E-state index in [1.165, 1.54) is 50.5 Å². The van der Waals surface area contributed by atoms with Crippen molar-refractivity contribution in [3.8, 4) is 0 Å². The molecule has 4 nitrogen and oxygen atoms in total. The minimum Gasteiger partial charge on any atom is -0.466 e. The highest BCUT2D eigenvalue weighted by Gasteiger charge is 2.08. The van der Waals surface area contributed by atoms with Crippen LogP contribution in [-0.2, 0) is 25.5 Å². The minimum atomic E-state index is -0.355. The lowest BCUT2D eigenvalue weighted by Crippen LogP contribution is -2.11. The molecule has 1 aromatic carbocycles. The SMILES string of the molecule is CCCCCCCCC/C=C/COC(=O)CCC(=O)OCCCc1ccccc1. The molecule has 29 heavy (non-hydrogen) atoms. The van der Waals surface area contributed by atoms with Crippen LogP contribution in [0.25, 0.3) is 0 Å². The number of allylic oxidation sites excluding steroid dienone is 1. The zero-order valence-electron chi connectivity index (χ0n) is 18.1. The molecule has 0 bridgehead atoms. The highest BCUT2D eigenvalue weighted by atomic mass is 16.5. The van der Waals surface area contributed by atoms with Crippen LogP contribution in [0.15, 0.2) is 42.5 Å². The number of esters is 2. The van der Waals surface area contributed by atoms with Gasteiger partial charge in [-0.2, -0.15) is 0 Å². The molecule has 0 aromatic heterocycles. The molecule has 0 unspecified atom stereocenters. The Morgan fingerprint density at radius 1 is 0.793 bits per heavy atom. The summed E-state index contributed by atoms with van der Waals surface area (Å²) in [6.45, 7) is 2.89. The average molecular weight is 403 g/mol. The van der Waals surface area contributed by atoms with Crippen LogP contribution in [0.3, 0.4) is 0 Å². The summed E-state index contributed by atoms with van der Waals surface area (Å²) in [6.07, 6.45) is 15.9. The van der Waals surface area contributed by atoms with E-state index in [0.717, 1.165) is 19.3 Å². The molecule has 0 radical (unpaired) electrons. The lowest BCUT2D eigenvalue weighted by Gasteiger charge is -2.05. The van der Waals surface area contributed by atoms with Crippen molar-refractivity contribution in [3.63, 3.8) is 0 Å².